The number of benzene rings is 2. The van der Waals surface area contributed by atoms with Gasteiger partial charge in [0.25, 0.3) is 5.91 Å². The van der Waals surface area contributed by atoms with Crippen molar-refractivity contribution in [2.24, 2.45) is 0 Å². The van der Waals surface area contributed by atoms with Crippen LogP contribution in [0.1, 0.15) is 28.0 Å². The van der Waals surface area contributed by atoms with Crippen LogP contribution in [-0.4, -0.2) is 24.0 Å². The maximum atomic E-state index is 12.6. The minimum atomic E-state index is -0.0293. The molecule has 5 heteroatoms. The van der Waals surface area contributed by atoms with Crippen molar-refractivity contribution < 1.29 is 9.53 Å². The molecule has 1 aliphatic carbocycles. The Kier molecular flexibility index (Phi) is 4.25. The number of ether oxygens (including phenoxy) is 1. The number of halogens is 1. The highest BCUT2D eigenvalue weighted by Gasteiger charge is 2.24. The average molecular weight is 399 g/mol. The molecule has 1 atom stereocenters. The van der Waals surface area contributed by atoms with Crippen molar-refractivity contribution in [2.45, 2.75) is 25.3 Å². The van der Waals surface area contributed by atoms with E-state index in [0.717, 1.165) is 35.0 Å². The third kappa shape index (κ3) is 3.04. The van der Waals surface area contributed by atoms with Gasteiger partial charge in [0.2, 0.25) is 0 Å². The second-order valence-electron chi connectivity index (χ2n) is 6.39. The number of nitrogens with one attached hydrogen (secondary N) is 2. The van der Waals surface area contributed by atoms with Gasteiger partial charge in [-0.25, -0.2) is 0 Å². The summed E-state index contributed by atoms with van der Waals surface area (Å²) in [5, 5.41) is 4.37. The van der Waals surface area contributed by atoms with Crippen LogP contribution in [0.15, 0.2) is 46.9 Å². The van der Waals surface area contributed by atoms with Crippen molar-refractivity contribution in [3.05, 3.63) is 63.8 Å². The Morgan fingerprint density at radius 2 is 2.12 bits per heavy atom. The van der Waals surface area contributed by atoms with E-state index in [9.17, 15) is 4.79 Å². The molecule has 0 saturated heterocycles. The highest BCUT2D eigenvalue weighted by atomic mass is 79.9. The van der Waals surface area contributed by atoms with E-state index in [1.165, 1.54) is 16.6 Å². The van der Waals surface area contributed by atoms with Crippen molar-refractivity contribution in [1.29, 1.82) is 0 Å². The number of hydrogen-bond acceptors (Lipinski definition) is 2. The SMILES string of the molecule is COc1ccc2[nH]c3c(c2c1)CC(NC(=O)c1ccccc1Br)CC3. The Morgan fingerprint density at radius 3 is 2.92 bits per heavy atom. The fraction of sp³-hybridized carbons (Fsp3) is 0.250. The third-order valence-electron chi connectivity index (χ3n) is 4.85. The lowest BCUT2D eigenvalue weighted by molar-refractivity contribution is 0.0933. The van der Waals surface area contributed by atoms with E-state index in [1.54, 1.807) is 7.11 Å². The smallest absolute Gasteiger partial charge is 0.252 e. The highest BCUT2D eigenvalue weighted by molar-refractivity contribution is 9.10. The fourth-order valence-electron chi connectivity index (χ4n) is 3.55. The first-order valence-corrected chi connectivity index (χ1v) is 9.18. The molecule has 0 radical (unpaired) electrons. The van der Waals surface area contributed by atoms with Crippen LogP contribution in [0.2, 0.25) is 0 Å². The minimum absolute atomic E-state index is 0.0293. The molecule has 0 saturated carbocycles. The van der Waals surface area contributed by atoms with Gasteiger partial charge < -0.3 is 15.0 Å². The molecule has 1 unspecified atom stereocenters. The largest absolute Gasteiger partial charge is 0.497 e. The van der Waals surface area contributed by atoms with Crippen LogP contribution in [0.3, 0.4) is 0 Å². The summed E-state index contributed by atoms with van der Waals surface area (Å²) in [5.74, 6) is 0.826. The molecule has 4 nitrogen and oxygen atoms in total. The molecule has 0 fully saturated rings. The summed E-state index contributed by atoms with van der Waals surface area (Å²) in [4.78, 5) is 16.1. The first kappa shape index (κ1) is 16.2. The summed E-state index contributed by atoms with van der Waals surface area (Å²) < 4.78 is 6.18. The van der Waals surface area contributed by atoms with Gasteiger partial charge in [0.15, 0.2) is 0 Å². The molecule has 25 heavy (non-hydrogen) atoms. The number of amides is 1. The Morgan fingerprint density at radius 1 is 1.28 bits per heavy atom. The molecular weight excluding hydrogens is 380 g/mol. The Bertz CT molecular complexity index is 948. The fourth-order valence-corrected chi connectivity index (χ4v) is 4.02. The summed E-state index contributed by atoms with van der Waals surface area (Å²) in [6.07, 6.45) is 2.71. The summed E-state index contributed by atoms with van der Waals surface area (Å²) in [6, 6.07) is 13.7. The summed E-state index contributed by atoms with van der Waals surface area (Å²) in [5.41, 5.74) is 4.37. The molecule has 4 rings (SSSR count). The molecule has 0 bridgehead atoms. The average Bonchev–Trinajstić information content (AvgIpc) is 2.99. The Hall–Kier alpha value is -2.27. The van der Waals surface area contributed by atoms with E-state index in [2.05, 4.69) is 38.4 Å². The molecule has 128 valence electrons. The van der Waals surface area contributed by atoms with Crippen molar-refractivity contribution in [2.75, 3.05) is 7.11 Å². The van der Waals surface area contributed by atoms with E-state index in [-0.39, 0.29) is 11.9 Å². The zero-order valence-electron chi connectivity index (χ0n) is 13.9. The molecule has 0 aliphatic heterocycles. The van der Waals surface area contributed by atoms with Gasteiger partial charge in [-0.05, 0) is 71.1 Å². The van der Waals surface area contributed by atoms with E-state index in [0.29, 0.717) is 5.56 Å². The van der Waals surface area contributed by atoms with E-state index in [1.807, 2.05) is 30.3 Å². The normalized spacial score (nSPS) is 16.5. The number of carbonyl (C=O) groups excluding carboxylic acids is 1. The van der Waals surface area contributed by atoms with Crippen LogP contribution < -0.4 is 10.1 Å². The van der Waals surface area contributed by atoms with Crippen LogP contribution in [0.25, 0.3) is 10.9 Å². The van der Waals surface area contributed by atoms with Gasteiger partial charge in [0.1, 0.15) is 5.75 Å². The maximum absolute atomic E-state index is 12.6. The quantitative estimate of drug-likeness (QED) is 0.693. The van der Waals surface area contributed by atoms with Crippen molar-refractivity contribution >= 4 is 32.7 Å². The van der Waals surface area contributed by atoms with Crippen LogP contribution in [0.4, 0.5) is 0 Å². The van der Waals surface area contributed by atoms with Gasteiger partial charge in [0.05, 0.1) is 12.7 Å². The van der Waals surface area contributed by atoms with Gasteiger partial charge in [-0.15, -0.1) is 0 Å². The third-order valence-corrected chi connectivity index (χ3v) is 5.54. The lowest BCUT2D eigenvalue weighted by Gasteiger charge is -2.24. The lowest BCUT2D eigenvalue weighted by Crippen LogP contribution is -2.38. The minimum Gasteiger partial charge on any atom is -0.497 e. The number of aryl methyl sites for hydroxylation is 1. The standard InChI is InChI=1S/C20H19BrN2O2/c1-25-13-7-9-19-16(11-13)15-10-12(6-8-18(15)23-19)22-20(24)14-4-2-3-5-17(14)21/h2-5,7,9,11-12,23H,6,8,10H2,1H3,(H,22,24). The predicted molar refractivity (Wildman–Crippen MR) is 102 cm³/mol. The van der Waals surface area contributed by atoms with Crippen molar-refractivity contribution in [3.63, 3.8) is 0 Å². The van der Waals surface area contributed by atoms with Gasteiger partial charge in [-0.3, -0.25) is 4.79 Å². The lowest BCUT2D eigenvalue weighted by atomic mass is 9.91. The van der Waals surface area contributed by atoms with E-state index < -0.39 is 0 Å². The van der Waals surface area contributed by atoms with Gasteiger partial charge in [-0.1, -0.05) is 12.1 Å². The number of aromatic nitrogens is 1. The molecule has 2 aromatic carbocycles. The van der Waals surface area contributed by atoms with Crippen LogP contribution in [0, 0.1) is 0 Å². The number of H-pyrrole nitrogens is 1. The molecule has 1 heterocycles. The summed E-state index contributed by atoms with van der Waals surface area (Å²) in [6.45, 7) is 0. The predicted octanol–water partition coefficient (Wildman–Crippen LogP) is 4.23. The second-order valence-corrected chi connectivity index (χ2v) is 7.24. The Labute approximate surface area is 154 Å². The van der Waals surface area contributed by atoms with Gasteiger partial charge >= 0.3 is 0 Å². The summed E-state index contributed by atoms with van der Waals surface area (Å²) >= 11 is 3.45. The number of aromatic amines is 1. The number of fused-ring (bicyclic) bond motifs is 3. The molecule has 0 spiro atoms. The monoisotopic (exact) mass is 398 g/mol. The zero-order valence-corrected chi connectivity index (χ0v) is 15.5. The van der Waals surface area contributed by atoms with Gasteiger partial charge in [-0.2, -0.15) is 0 Å². The topological polar surface area (TPSA) is 54.1 Å². The van der Waals surface area contributed by atoms with Crippen LogP contribution in [0.5, 0.6) is 5.75 Å². The number of methoxy groups -OCH3 is 1. The second kappa shape index (κ2) is 6.56. The van der Waals surface area contributed by atoms with E-state index in [4.69, 9.17) is 4.74 Å². The number of carbonyl (C=O) groups is 1. The molecule has 1 aromatic heterocycles. The number of hydrogen-bond donors (Lipinski definition) is 2. The maximum Gasteiger partial charge on any atom is 0.252 e. The molecule has 3 aromatic rings. The highest BCUT2D eigenvalue weighted by Crippen LogP contribution is 2.31. The first-order valence-electron chi connectivity index (χ1n) is 8.38. The molecule has 1 aliphatic rings. The van der Waals surface area contributed by atoms with Crippen LogP contribution >= 0.6 is 15.9 Å². The number of rotatable bonds is 3. The van der Waals surface area contributed by atoms with Crippen LogP contribution in [-0.2, 0) is 12.8 Å². The molecule has 2 N–H and O–H groups in total. The molecular formula is C20H19BrN2O2. The van der Waals surface area contributed by atoms with Crippen molar-refractivity contribution in [1.82, 2.24) is 10.3 Å². The van der Waals surface area contributed by atoms with E-state index >= 15 is 0 Å². The van der Waals surface area contributed by atoms with Gasteiger partial charge in [0, 0.05) is 27.1 Å². The first-order chi connectivity index (χ1) is 12.2. The Balaban J connectivity index is 1.58. The summed E-state index contributed by atoms with van der Waals surface area (Å²) in [7, 11) is 1.68. The zero-order chi connectivity index (χ0) is 17.4. The molecule has 1 amide bonds. The van der Waals surface area contributed by atoms with Crippen molar-refractivity contribution in [3.8, 4) is 5.75 Å².